The Labute approximate surface area is 658 Å². The highest BCUT2D eigenvalue weighted by atomic mass is 127. The second-order valence-corrected chi connectivity index (χ2v) is 36.8. The number of halogens is 20. The van der Waals surface area contributed by atoms with E-state index in [1.165, 1.54) is 35.1 Å². The van der Waals surface area contributed by atoms with Crippen LogP contribution < -0.4 is 0 Å². The molecule has 97 heavy (non-hydrogen) atoms. The van der Waals surface area contributed by atoms with Crippen molar-refractivity contribution in [2.24, 2.45) is 0 Å². The van der Waals surface area contributed by atoms with E-state index in [2.05, 4.69) is 184 Å². The van der Waals surface area contributed by atoms with Crippen molar-refractivity contribution < 1.29 is 57.1 Å². The molecule has 12 aromatic carbocycles. The summed E-state index contributed by atoms with van der Waals surface area (Å²) in [6.45, 7) is 0. The van der Waals surface area contributed by atoms with Crippen molar-refractivity contribution in [3.8, 4) is 0 Å². The second-order valence-electron chi connectivity index (χ2n) is 20.0. The summed E-state index contributed by atoms with van der Waals surface area (Å²) in [7, 11) is -2.96. The Morgan fingerprint density at radius 2 is 0.402 bits per heavy atom. The van der Waals surface area contributed by atoms with Gasteiger partial charge in [0.2, 0.25) is 0 Å². The largest absolute Gasteiger partial charge is 0.416 e. The third-order valence-electron chi connectivity index (χ3n) is 13.4. The Hall–Kier alpha value is -3.76. The maximum Gasteiger partial charge on any atom is 0.416 e. The van der Waals surface area contributed by atoms with Gasteiger partial charge in [-0.25, -0.2) is 43.9 Å². The monoisotopic (exact) mass is 2180 g/mol. The standard InChI is InChI=1S/C19H12F3I2S.C18H8F6IS.C18H10F3I2S.C18H12FI2S/c20-19(21,22)13-2-1-3-18(12-13)25(16-8-4-14(23)5-9-16)17-10-6-15(24)7-11-17;19-13-5-11(6-14(20)17(13)23)26(10-3-1-9(25)2-4-10)12-7-15(21)18(24)16(22)8-12;19-16-9-15(10-17(20)18(16)21)24(13-5-1-11(22)2-6-13)14-7-3-12(23)4-8-14;19-13-2-1-3-18(12-13)22(16-8-4-14(20)5-9-16)17-10-6-15(21)7-11-17/h1-12H;1-8H;1-10H;1-12H/q4*+1. The van der Waals surface area contributed by atoms with Crippen LogP contribution in [0.15, 0.2) is 314 Å². The van der Waals surface area contributed by atoms with Crippen LogP contribution in [0.2, 0.25) is 0 Å². The third kappa shape index (κ3) is 21.2. The quantitative estimate of drug-likeness (QED) is 0.0495. The fraction of sp³-hybridized carbons (Fsp3) is 0.0137. The lowest BCUT2D eigenvalue weighted by Crippen LogP contribution is -2.09. The van der Waals surface area contributed by atoms with Gasteiger partial charge in [-0.1, -0.05) is 12.1 Å². The molecule has 24 heteroatoms. The van der Waals surface area contributed by atoms with Crippen LogP contribution in [0.1, 0.15) is 5.56 Å². The van der Waals surface area contributed by atoms with Crippen molar-refractivity contribution in [2.45, 2.75) is 64.9 Å². The van der Waals surface area contributed by atoms with Gasteiger partial charge >= 0.3 is 6.18 Å². The van der Waals surface area contributed by atoms with Crippen LogP contribution in [0.25, 0.3) is 0 Å². The van der Waals surface area contributed by atoms with E-state index in [1.54, 1.807) is 42.5 Å². The van der Waals surface area contributed by atoms with Crippen molar-refractivity contribution in [1.29, 1.82) is 0 Å². The molecule has 12 rings (SSSR count). The molecule has 494 valence electrons. The molecule has 0 fully saturated rings. The molecular weight excluding hydrogens is 2140 g/mol. The van der Waals surface area contributed by atoms with Gasteiger partial charge in [0, 0.05) is 73.5 Å². The molecule has 0 amide bonds. The summed E-state index contributed by atoms with van der Waals surface area (Å²) in [5.41, 5.74) is -0.612. The first-order valence-electron chi connectivity index (χ1n) is 27.8. The summed E-state index contributed by atoms with van der Waals surface area (Å²) >= 11 is 15.5. The minimum Gasteiger partial charge on any atom is -0.207 e. The van der Waals surface area contributed by atoms with E-state index in [-0.39, 0.29) is 26.5 Å². The molecule has 0 aliphatic carbocycles. The van der Waals surface area contributed by atoms with Gasteiger partial charge < -0.3 is 0 Å². The number of hydrogen-bond acceptors (Lipinski definition) is 0. The van der Waals surface area contributed by atoms with Gasteiger partial charge in [0.15, 0.2) is 111 Å². The zero-order valence-electron chi connectivity index (χ0n) is 48.9. The van der Waals surface area contributed by atoms with Crippen LogP contribution in [0.3, 0.4) is 0 Å². The maximum atomic E-state index is 13.7. The van der Waals surface area contributed by atoms with Crippen LogP contribution >= 0.6 is 158 Å². The smallest absolute Gasteiger partial charge is 0.207 e. The van der Waals surface area contributed by atoms with Crippen LogP contribution in [-0.2, 0) is 49.8 Å². The molecule has 0 bridgehead atoms. The fourth-order valence-electron chi connectivity index (χ4n) is 8.97. The Kier molecular flexibility index (Phi) is 28.6. The number of alkyl halides is 3. The molecule has 0 saturated heterocycles. The Bertz CT molecular complexity index is 4390. The van der Waals surface area contributed by atoms with Crippen LogP contribution in [0.5, 0.6) is 0 Å². The predicted octanol–water partition coefficient (Wildman–Crippen LogP) is 25.8. The molecule has 0 aliphatic heterocycles. The van der Waals surface area contributed by atoms with E-state index >= 15 is 0 Å². The Balaban J connectivity index is 0.000000152. The zero-order chi connectivity index (χ0) is 69.8. The van der Waals surface area contributed by atoms with Gasteiger partial charge in [-0.15, -0.1) is 0 Å². The summed E-state index contributed by atoms with van der Waals surface area (Å²) in [5, 5.41) is 0. The van der Waals surface area contributed by atoms with Crippen molar-refractivity contribution >= 4 is 202 Å². The van der Waals surface area contributed by atoms with Crippen molar-refractivity contribution in [1.82, 2.24) is 0 Å². The second kappa shape index (κ2) is 35.9. The van der Waals surface area contributed by atoms with Gasteiger partial charge in [0.1, 0.15) is 5.82 Å². The lowest BCUT2D eigenvalue weighted by atomic mass is 10.2. The lowest BCUT2D eigenvalue weighted by Gasteiger charge is -2.11. The molecular formula is C73H42F13I7S4+4. The van der Waals surface area contributed by atoms with Gasteiger partial charge in [0.25, 0.3) is 0 Å². The molecule has 0 radical (unpaired) electrons. The highest BCUT2D eigenvalue weighted by molar-refractivity contribution is 14.1. The normalized spacial score (nSPS) is 11.3. The highest BCUT2D eigenvalue weighted by Gasteiger charge is 2.37. The SMILES string of the molecule is FC(F)(F)c1cccc([S+](c2ccc(I)cc2)c2ccc(I)cc2)c1.Fc1cc([S+](c2ccc(I)cc2)c2cc(F)c(F)c(F)c2)cc(F)c1F.Fc1cc([S+](c2ccc(I)cc2)c2ccc(I)cc2)cc(F)c1F.Fc1cccc([S+](c2ccc(I)cc2)c2ccc(I)cc2)c1. The first-order valence-corrected chi connectivity index (χ1v) is 40.3. The third-order valence-corrected chi connectivity index (χ3v) is 27.2. The molecule has 0 aliphatic rings. The molecule has 0 atom stereocenters. The van der Waals surface area contributed by atoms with Gasteiger partial charge in [0.05, 0.1) is 49.1 Å². The fourth-order valence-corrected chi connectivity index (χ4v) is 19.8. The first kappa shape index (κ1) is 77.4. The van der Waals surface area contributed by atoms with Crippen LogP contribution in [0.4, 0.5) is 57.1 Å². The predicted molar refractivity (Wildman–Crippen MR) is 420 cm³/mol. The maximum absolute atomic E-state index is 13.7. The van der Waals surface area contributed by atoms with Crippen LogP contribution in [0, 0.1) is 83.2 Å². The van der Waals surface area contributed by atoms with Gasteiger partial charge in [-0.2, -0.15) is 13.2 Å². The summed E-state index contributed by atoms with van der Waals surface area (Å²) in [6, 6.07) is 72.7. The van der Waals surface area contributed by atoms with E-state index in [9.17, 15) is 57.1 Å². The van der Waals surface area contributed by atoms with E-state index < -0.39 is 96.8 Å². The number of hydrogen-bond donors (Lipinski definition) is 0. The van der Waals surface area contributed by atoms with E-state index in [1.807, 2.05) is 126 Å². The Morgan fingerprint density at radius 3 is 0.619 bits per heavy atom. The molecule has 0 N–H and O–H groups in total. The van der Waals surface area contributed by atoms with Crippen LogP contribution in [-0.4, -0.2) is 0 Å². The van der Waals surface area contributed by atoms with E-state index in [0.717, 1.165) is 84.8 Å². The average molecular weight is 2180 g/mol. The van der Waals surface area contributed by atoms with Crippen molar-refractivity contribution in [3.63, 3.8) is 0 Å². The summed E-state index contributed by atoms with van der Waals surface area (Å²) in [5.74, 6) is -12.9. The minimum atomic E-state index is -4.34. The summed E-state index contributed by atoms with van der Waals surface area (Å²) in [4.78, 5) is 8.72. The first-order chi connectivity index (χ1) is 46.2. The lowest BCUT2D eigenvalue weighted by molar-refractivity contribution is -0.137. The topological polar surface area (TPSA) is 0 Å². The number of benzene rings is 12. The zero-order valence-corrected chi connectivity index (χ0v) is 67.3. The molecule has 0 spiro atoms. The highest BCUT2D eigenvalue weighted by Crippen LogP contribution is 2.39. The molecule has 0 unspecified atom stereocenters. The van der Waals surface area contributed by atoms with Crippen molar-refractivity contribution in [3.05, 3.63) is 344 Å². The Morgan fingerprint density at radius 1 is 0.206 bits per heavy atom. The molecule has 12 aromatic rings. The van der Waals surface area contributed by atoms with E-state index in [0.29, 0.717) is 14.7 Å². The van der Waals surface area contributed by atoms with Gasteiger partial charge in [-0.05, 0) is 352 Å². The average Bonchev–Trinajstić information content (AvgIpc) is 0.813. The molecule has 0 aromatic heterocycles. The minimum absolute atomic E-state index is 0.0342. The number of rotatable bonds is 12. The van der Waals surface area contributed by atoms with Crippen molar-refractivity contribution in [2.75, 3.05) is 0 Å². The van der Waals surface area contributed by atoms with Gasteiger partial charge in [-0.3, -0.25) is 0 Å². The molecule has 0 nitrogen and oxygen atoms in total. The molecule has 0 saturated carbocycles. The molecule has 0 heterocycles. The van der Waals surface area contributed by atoms with E-state index in [4.69, 9.17) is 0 Å². The summed E-state index contributed by atoms with van der Waals surface area (Å²) in [6.07, 6.45) is -4.34. The summed E-state index contributed by atoms with van der Waals surface area (Å²) < 4.78 is 183.